The molecule has 1 aromatic heterocycles. The predicted octanol–water partition coefficient (Wildman–Crippen LogP) is 2.33. The summed E-state index contributed by atoms with van der Waals surface area (Å²) in [7, 11) is -3.70. The number of nitrogens with two attached hydrogens (primary N) is 1. The van der Waals surface area contributed by atoms with Crippen LogP contribution in [0, 0.1) is 0 Å². The first-order valence-corrected chi connectivity index (χ1v) is 7.44. The third-order valence-corrected chi connectivity index (χ3v) is 4.71. The summed E-state index contributed by atoms with van der Waals surface area (Å²) in [6, 6.07) is 3.43. The molecular formula is C9H9BrClN3O2S. The lowest BCUT2D eigenvalue weighted by Gasteiger charge is -2.06. The molecule has 1 unspecified atom stereocenters. The van der Waals surface area contributed by atoms with Crippen molar-refractivity contribution in [1.29, 1.82) is 0 Å². The molecule has 0 saturated heterocycles. The molecule has 0 fully saturated rings. The maximum Gasteiger partial charge on any atom is 0.217 e. The first-order chi connectivity index (χ1) is 7.82. The molecule has 92 valence electrons. The van der Waals surface area contributed by atoms with Gasteiger partial charge < -0.3 is 0 Å². The van der Waals surface area contributed by atoms with Crippen LogP contribution >= 0.6 is 27.5 Å². The minimum absolute atomic E-state index is 0.328. The molecule has 0 aliphatic carbocycles. The summed E-state index contributed by atoms with van der Waals surface area (Å²) in [5.74, 6) is 0. The molecule has 1 atom stereocenters. The van der Waals surface area contributed by atoms with Crippen LogP contribution in [0.2, 0.25) is 5.02 Å². The lowest BCUT2D eigenvalue weighted by Crippen LogP contribution is -2.19. The maximum atomic E-state index is 11.3. The van der Waals surface area contributed by atoms with Gasteiger partial charge in [0.05, 0.1) is 16.2 Å². The smallest absolute Gasteiger partial charge is 0.217 e. The first kappa shape index (κ1) is 12.8. The molecule has 2 aromatic rings. The highest BCUT2D eigenvalue weighted by Crippen LogP contribution is 2.34. The maximum absolute atomic E-state index is 11.3. The highest BCUT2D eigenvalue weighted by molar-refractivity contribution is 9.10. The number of nitrogens with zero attached hydrogens (tertiary/aromatic N) is 1. The number of benzene rings is 1. The Morgan fingerprint density at radius 2 is 2.18 bits per heavy atom. The first-order valence-electron chi connectivity index (χ1n) is 4.66. The summed E-state index contributed by atoms with van der Waals surface area (Å²) < 4.78 is 23.4. The van der Waals surface area contributed by atoms with Crippen molar-refractivity contribution in [1.82, 2.24) is 10.2 Å². The second-order valence-corrected chi connectivity index (χ2v) is 6.77. The Hall–Kier alpha value is -0.630. The van der Waals surface area contributed by atoms with E-state index in [4.69, 9.17) is 16.7 Å². The Bertz CT molecular complexity index is 683. The standard InChI is InChI=1S/C9H9BrClN3O2S/c1-4(17(12,15)16)8-7-6(11)3-2-5(10)9(7)14-13-8/h2-4H,1H3,(H,13,14)(H2,12,15,16). The van der Waals surface area contributed by atoms with Crippen molar-refractivity contribution in [3.63, 3.8) is 0 Å². The van der Waals surface area contributed by atoms with E-state index in [0.717, 1.165) is 4.47 Å². The molecule has 0 bridgehead atoms. The van der Waals surface area contributed by atoms with Gasteiger partial charge in [-0.1, -0.05) is 11.6 Å². The lowest BCUT2D eigenvalue weighted by molar-refractivity contribution is 0.586. The number of H-pyrrole nitrogens is 1. The summed E-state index contributed by atoms with van der Waals surface area (Å²) in [4.78, 5) is 0. The van der Waals surface area contributed by atoms with Gasteiger partial charge in [0.15, 0.2) is 0 Å². The van der Waals surface area contributed by atoms with E-state index in [1.165, 1.54) is 6.92 Å². The van der Waals surface area contributed by atoms with Crippen LogP contribution in [-0.2, 0) is 10.0 Å². The van der Waals surface area contributed by atoms with Crippen LogP contribution in [0.25, 0.3) is 10.9 Å². The number of halogens is 2. The molecule has 2 rings (SSSR count). The monoisotopic (exact) mass is 337 g/mol. The Labute approximate surface area is 112 Å². The van der Waals surface area contributed by atoms with Crippen molar-refractivity contribution < 1.29 is 8.42 Å². The normalized spacial score (nSPS) is 14.1. The van der Waals surface area contributed by atoms with E-state index in [9.17, 15) is 8.42 Å². The van der Waals surface area contributed by atoms with Crippen molar-refractivity contribution in [2.45, 2.75) is 12.2 Å². The van der Waals surface area contributed by atoms with Crippen LogP contribution in [0.3, 0.4) is 0 Å². The summed E-state index contributed by atoms with van der Waals surface area (Å²) in [6.45, 7) is 1.47. The van der Waals surface area contributed by atoms with Crippen molar-refractivity contribution in [2.24, 2.45) is 5.14 Å². The summed E-state index contributed by atoms with van der Waals surface area (Å²) in [5.41, 5.74) is 0.983. The average molecular weight is 339 g/mol. The molecule has 17 heavy (non-hydrogen) atoms. The predicted molar refractivity (Wildman–Crippen MR) is 70.3 cm³/mol. The number of nitrogens with one attached hydrogen (secondary N) is 1. The number of primary sulfonamides is 1. The van der Waals surface area contributed by atoms with Gasteiger partial charge in [0.1, 0.15) is 5.25 Å². The molecule has 3 N–H and O–H groups in total. The Morgan fingerprint density at radius 1 is 1.53 bits per heavy atom. The van der Waals surface area contributed by atoms with E-state index in [1.807, 2.05) is 0 Å². The van der Waals surface area contributed by atoms with Crippen LogP contribution in [0.1, 0.15) is 17.9 Å². The van der Waals surface area contributed by atoms with Gasteiger partial charge in [0, 0.05) is 9.86 Å². The number of aromatic nitrogens is 2. The zero-order valence-corrected chi connectivity index (χ0v) is 11.9. The second-order valence-electron chi connectivity index (χ2n) is 3.62. The van der Waals surface area contributed by atoms with E-state index in [0.29, 0.717) is 21.6 Å². The third kappa shape index (κ3) is 2.20. The Kier molecular flexibility index (Phi) is 3.19. The van der Waals surface area contributed by atoms with Gasteiger partial charge in [-0.25, -0.2) is 13.6 Å². The minimum atomic E-state index is -3.70. The van der Waals surface area contributed by atoms with Crippen LogP contribution in [0.15, 0.2) is 16.6 Å². The van der Waals surface area contributed by atoms with Crippen LogP contribution < -0.4 is 5.14 Å². The van der Waals surface area contributed by atoms with Gasteiger partial charge in [-0.15, -0.1) is 0 Å². The SMILES string of the molecule is CC(c1n[nH]c2c(Br)ccc(Cl)c12)S(N)(=O)=O. The van der Waals surface area contributed by atoms with Gasteiger partial charge >= 0.3 is 0 Å². The number of rotatable bonds is 2. The molecule has 0 aliphatic rings. The molecule has 0 saturated carbocycles. The quantitative estimate of drug-likeness (QED) is 0.880. The Morgan fingerprint density at radius 3 is 2.76 bits per heavy atom. The van der Waals surface area contributed by atoms with Crippen molar-refractivity contribution in [3.8, 4) is 0 Å². The molecule has 0 aliphatic heterocycles. The fraction of sp³-hybridized carbons (Fsp3) is 0.222. The fourth-order valence-corrected chi connectivity index (χ4v) is 2.69. The van der Waals surface area contributed by atoms with Gasteiger partial charge in [-0.2, -0.15) is 5.10 Å². The molecule has 0 radical (unpaired) electrons. The second kappa shape index (κ2) is 4.24. The molecular weight excluding hydrogens is 330 g/mol. The molecule has 8 heteroatoms. The van der Waals surface area contributed by atoms with Crippen molar-refractivity contribution in [2.75, 3.05) is 0 Å². The lowest BCUT2D eigenvalue weighted by atomic mass is 10.2. The van der Waals surface area contributed by atoms with E-state index in [-0.39, 0.29) is 0 Å². The molecule has 0 amide bonds. The highest BCUT2D eigenvalue weighted by Gasteiger charge is 2.24. The molecule has 5 nitrogen and oxygen atoms in total. The fourth-order valence-electron chi connectivity index (χ4n) is 1.53. The average Bonchev–Trinajstić information content (AvgIpc) is 2.66. The van der Waals surface area contributed by atoms with Crippen LogP contribution in [-0.4, -0.2) is 18.6 Å². The summed E-state index contributed by atoms with van der Waals surface area (Å²) >= 11 is 9.39. The molecule has 1 aromatic carbocycles. The van der Waals surface area contributed by atoms with Crippen LogP contribution in [0.4, 0.5) is 0 Å². The number of sulfonamides is 1. The van der Waals surface area contributed by atoms with E-state index < -0.39 is 15.3 Å². The summed E-state index contributed by atoms with van der Waals surface area (Å²) in [6.07, 6.45) is 0. The third-order valence-electron chi connectivity index (χ3n) is 2.53. The Balaban J connectivity index is 2.77. The van der Waals surface area contributed by atoms with Crippen molar-refractivity contribution >= 4 is 48.5 Å². The van der Waals surface area contributed by atoms with Gasteiger partial charge in [0.2, 0.25) is 10.0 Å². The van der Waals surface area contributed by atoms with Crippen LogP contribution in [0.5, 0.6) is 0 Å². The summed E-state index contributed by atoms with van der Waals surface area (Å²) in [5, 5.41) is 11.9. The molecule has 1 heterocycles. The topological polar surface area (TPSA) is 88.8 Å². The van der Waals surface area contributed by atoms with Gasteiger partial charge in [0.25, 0.3) is 0 Å². The van der Waals surface area contributed by atoms with Crippen molar-refractivity contribution in [3.05, 3.63) is 27.3 Å². The van der Waals surface area contributed by atoms with Gasteiger partial charge in [-0.05, 0) is 35.0 Å². The minimum Gasteiger partial charge on any atom is -0.276 e. The van der Waals surface area contributed by atoms with E-state index in [2.05, 4.69) is 26.1 Å². The number of hydrogen-bond acceptors (Lipinski definition) is 3. The highest BCUT2D eigenvalue weighted by atomic mass is 79.9. The molecule has 0 spiro atoms. The largest absolute Gasteiger partial charge is 0.276 e. The zero-order valence-electron chi connectivity index (χ0n) is 8.74. The number of fused-ring (bicyclic) bond motifs is 1. The van der Waals surface area contributed by atoms with E-state index in [1.54, 1.807) is 12.1 Å². The van der Waals surface area contributed by atoms with E-state index >= 15 is 0 Å². The number of aromatic amines is 1. The number of hydrogen-bond donors (Lipinski definition) is 2. The zero-order chi connectivity index (χ0) is 12.8. The van der Waals surface area contributed by atoms with Gasteiger partial charge in [-0.3, -0.25) is 5.10 Å².